The minimum absolute atomic E-state index is 0.0193. The average molecular weight is 400 g/mol. The number of hydrogen-bond donors (Lipinski definition) is 1. The van der Waals surface area contributed by atoms with Crippen molar-refractivity contribution in [1.29, 1.82) is 0 Å². The molecule has 0 saturated carbocycles. The molecule has 1 fully saturated rings. The number of nitrogens with zero attached hydrogens (tertiary/aromatic N) is 1. The lowest BCUT2D eigenvalue weighted by molar-refractivity contribution is -0.122. The minimum Gasteiger partial charge on any atom is -0.489 e. The van der Waals surface area contributed by atoms with E-state index >= 15 is 0 Å². The van der Waals surface area contributed by atoms with Crippen LogP contribution >= 0.6 is 0 Å². The van der Waals surface area contributed by atoms with Crippen molar-refractivity contribution >= 4 is 23.2 Å². The van der Waals surface area contributed by atoms with Crippen LogP contribution in [-0.2, 0) is 16.2 Å². The molecule has 30 heavy (non-hydrogen) atoms. The second-order valence-electron chi connectivity index (χ2n) is 7.48. The predicted octanol–water partition coefficient (Wildman–Crippen LogP) is 4.57. The summed E-state index contributed by atoms with van der Waals surface area (Å²) in [7, 11) is 0. The van der Waals surface area contributed by atoms with Gasteiger partial charge in [0.25, 0.3) is 0 Å². The number of carbonyl (C=O) groups excluding carboxylic acids is 2. The van der Waals surface area contributed by atoms with E-state index in [1.54, 1.807) is 4.90 Å². The lowest BCUT2D eigenvalue weighted by Gasteiger charge is -2.19. The van der Waals surface area contributed by atoms with Gasteiger partial charge in [-0.25, -0.2) is 0 Å². The SMILES string of the molecule is Cc1ccccc1N1CC(C(=O)Nc2ccc(OCc3ccccc3)cc2)CC1=O. The third-order valence-electron chi connectivity index (χ3n) is 5.27. The monoisotopic (exact) mass is 400 g/mol. The zero-order valence-corrected chi connectivity index (χ0v) is 16.9. The molecule has 0 radical (unpaired) electrons. The van der Waals surface area contributed by atoms with Crippen molar-refractivity contribution in [2.24, 2.45) is 5.92 Å². The van der Waals surface area contributed by atoms with E-state index in [-0.39, 0.29) is 24.2 Å². The van der Waals surface area contributed by atoms with E-state index in [0.717, 1.165) is 22.6 Å². The van der Waals surface area contributed by atoms with Crippen molar-refractivity contribution in [3.63, 3.8) is 0 Å². The number of amides is 2. The summed E-state index contributed by atoms with van der Waals surface area (Å²) in [5, 5.41) is 2.92. The van der Waals surface area contributed by atoms with Crippen LogP contribution in [0.2, 0.25) is 0 Å². The lowest BCUT2D eigenvalue weighted by atomic mass is 10.1. The molecule has 1 heterocycles. The third kappa shape index (κ3) is 4.51. The van der Waals surface area contributed by atoms with Crippen LogP contribution < -0.4 is 15.0 Å². The summed E-state index contributed by atoms with van der Waals surface area (Å²) in [6.45, 7) is 2.86. The molecule has 2 amide bonds. The number of rotatable bonds is 6. The largest absolute Gasteiger partial charge is 0.489 e. The van der Waals surface area contributed by atoms with Crippen LogP contribution in [0.15, 0.2) is 78.9 Å². The molecule has 0 aromatic heterocycles. The van der Waals surface area contributed by atoms with Crippen molar-refractivity contribution in [2.45, 2.75) is 20.0 Å². The van der Waals surface area contributed by atoms with Gasteiger partial charge in [-0.3, -0.25) is 9.59 Å². The molecule has 1 atom stereocenters. The van der Waals surface area contributed by atoms with Gasteiger partial charge in [-0.05, 0) is 48.4 Å². The van der Waals surface area contributed by atoms with Crippen molar-refractivity contribution in [1.82, 2.24) is 0 Å². The van der Waals surface area contributed by atoms with Crippen molar-refractivity contribution in [3.8, 4) is 5.75 Å². The van der Waals surface area contributed by atoms with Crippen LogP contribution in [0.4, 0.5) is 11.4 Å². The molecular formula is C25H24N2O3. The zero-order chi connectivity index (χ0) is 20.9. The van der Waals surface area contributed by atoms with Gasteiger partial charge in [0.05, 0.1) is 5.92 Å². The smallest absolute Gasteiger partial charge is 0.229 e. The Hall–Kier alpha value is -3.60. The fourth-order valence-corrected chi connectivity index (χ4v) is 3.60. The van der Waals surface area contributed by atoms with Gasteiger partial charge in [-0.15, -0.1) is 0 Å². The summed E-state index contributed by atoms with van der Waals surface area (Å²) in [5.41, 5.74) is 3.68. The molecule has 4 rings (SSSR count). The molecule has 3 aromatic rings. The van der Waals surface area contributed by atoms with E-state index in [4.69, 9.17) is 4.74 Å². The third-order valence-corrected chi connectivity index (χ3v) is 5.27. The highest BCUT2D eigenvalue weighted by Crippen LogP contribution is 2.28. The van der Waals surface area contributed by atoms with Crippen LogP contribution in [-0.4, -0.2) is 18.4 Å². The van der Waals surface area contributed by atoms with Gasteiger partial charge in [0.2, 0.25) is 11.8 Å². The minimum atomic E-state index is -0.369. The highest BCUT2D eigenvalue weighted by atomic mass is 16.5. The number of benzene rings is 3. The molecule has 5 nitrogen and oxygen atoms in total. The van der Waals surface area contributed by atoms with Crippen LogP contribution in [0.3, 0.4) is 0 Å². The van der Waals surface area contributed by atoms with Crippen LogP contribution in [0, 0.1) is 12.8 Å². The maximum Gasteiger partial charge on any atom is 0.229 e. The first kappa shape index (κ1) is 19.7. The van der Waals surface area contributed by atoms with E-state index < -0.39 is 0 Å². The Kier molecular flexibility index (Phi) is 5.80. The van der Waals surface area contributed by atoms with Gasteiger partial charge in [-0.1, -0.05) is 48.5 Å². The van der Waals surface area contributed by atoms with Gasteiger partial charge in [-0.2, -0.15) is 0 Å². The Bertz CT molecular complexity index is 1030. The summed E-state index contributed by atoms with van der Waals surface area (Å²) >= 11 is 0. The van der Waals surface area contributed by atoms with E-state index in [9.17, 15) is 9.59 Å². The van der Waals surface area contributed by atoms with E-state index in [0.29, 0.717) is 18.8 Å². The van der Waals surface area contributed by atoms with Crippen molar-refractivity contribution < 1.29 is 14.3 Å². The van der Waals surface area contributed by atoms with Crippen LogP contribution in [0.25, 0.3) is 0 Å². The fraction of sp³-hybridized carbons (Fsp3) is 0.200. The number of para-hydroxylation sites is 1. The molecule has 5 heteroatoms. The molecule has 1 aliphatic rings. The van der Waals surface area contributed by atoms with Gasteiger partial charge in [0.1, 0.15) is 12.4 Å². The topological polar surface area (TPSA) is 58.6 Å². The Morgan fingerprint density at radius 3 is 2.43 bits per heavy atom. The first-order valence-electron chi connectivity index (χ1n) is 10.0. The first-order chi connectivity index (χ1) is 14.6. The number of ether oxygens (including phenoxy) is 1. The Morgan fingerprint density at radius 2 is 1.70 bits per heavy atom. The Labute approximate surface area is 176 Å². The average Bonchev–Trinajstić information content (AvgIpc) is 3.16. The lowest BCUT2D eigenvalue weighted by Crippen LogP contribution is -2.28. The quantitative estimate of drug-likeness (QED) is 0.660. The number of aryl methyl sites for hydroxylation is 1. The summed E-state index contributed by atoms with van der Waals surface area (Å²) in [5.74, 6) is 0.205. The molecule has 1 aliphatic heterocycles. The van der Waals surface area contributed by atoms with Crippen LogP contribution in [0.5, 0.6) is 5.75 Å². The zero-order valence-electron chi connectivity index (χ0n) is 16.9. The second-order valence-corrected chi connectivity index (χ2v) is 7.48. The molecule has 1 N–H and O–H groups in total. The number of nitrogens with one attached hydrogen (secondary N) is 1. The van der Waals surface area contributed by atoms with E-state index in [1.165, 1.54) is 0 Å². The van der Waals surface area contributed by atoms with Gasteiger partial charge in [0.15, 0.2) is 0 Å². The van der Waals surface area contributed by atoms with E-state index in [1.807, 2.05) is 85.8 Å². The van der Waals surface area contributed by atoms with Crippen molar-refractivity contribution in [2.75, 3.05) is 16.8 Å². The molecular weight excluding hydrogens is 376 g/mol. The molecule has 0 aliphatic carbocycles. The summed E-state index contributed by atoms with van der Waals surface area (Å²) < 4.78 is 5.78. The Balaban J connectivity index is 1.34. The first-order valence-corrected chi connectivity index (χ1v) is 10.0. The molecule has 3 aromatic carbocycles. The van der Waals surface area contributed by atoms with Gasteiger partial charge < -0.3 is 15.0 Å². The van der Waals surface area contributed by atoms with Gasteiger partial charge in [0, 0.05) is 24.3 Å². The van der Waals surface area contributed by atoms with E-state index in [2.05, 4.69) is 5.32 Å². The van der Waals surface area contributed by atoms with Crippen molar-refractivity contribution in [3.05, 3.63) is 90.0 Å². The molecule has 1 saturated heterocycles. The standard InChI is InChI=1S/C25H24N2O3/c1-18-7-5-6-10-23(18)27-16-20(15-24(27)28)25(29)26-21-11-13-22(14-12-21)30-17-19-8-3-2-4-9-19/h2-14,20H,15-17H2,1H3,(H,26,29). The van der Waals surface area contributed by atoms with Gasteiger partial charge >= 0.3 is 0 Å². The highest BCUT2D eigenvalue weighted by molar-refractivity contribution is 6.03. The van der Waals surface area contributed by atoms with Crippen LogP contribution in [0.1, 0.15) is 17.5 Å². The predicted molar refractivity (Wildman–Crippen MR) is 117 cm³/mol. The fourth-order valence-electron chi connectivity index (χ4n) is 3.60. The highest BCUT2D eigenvalue weighted by Gasteiger charge is 2.35. The summed E-state index contributed by atoms with van der Waals surface area (Å²) in [4.78, 5) is 26.9. The summed E-state index contributed by atoms with van der Waals surface area (Å²) in [6, 6.07) is 25.0. The maximum absolute atomic E-state index is 12.7. The second kappa shape index (κ2) is 8.82. The molecule has 152 valence electrons. The summed E-state index contributed by atoms with van der Waals surface area (Å²) in [6.07, 6.45) is 0.221. The molecule has 1 unspecified atom stereocenters. The maximum atomic E-state index is 12.7. The number of carbonyl (C=O) groups is 2. The number of hydrogen-bond acceptors (Lipinski definition) is 3. The Morgan fingerprint density at radius 1 is 1.00 bits per heavy atom. The number of anilines is 2. The molecule has 0 bridgehead atoms. The normalized spacial score (nSPS) is 15.8. The molecule has 0 spiro atoms.